The molecule has 2 aromatic rings. The average Bonchev–Trinajstić information content (AvgIpc) is 3.02. The van der Waals surface area contributed by atoms with Gasteiger partial charge in [0, 0.05) is 19.0 Å². The topological polar surface area (TPSA) is 103 Å². The molecule has 0 unspecified atom stereocenters. The highest BCUT2D eigenvalue weighted by atomic mass is 35.5. The van der Waals surface area contributed by atoms with Gasteiger partial charge < -0.3 is 14.3 Å². The number of benzene rings is 1. The van der Waals surface area contributed by atoms with Crippen molar-refractivity contribution in [3.05, 3.63) is 29.0 Å². The number of rotatable bonds is 3. The van der Waals surface area contributed by atoms with Gasteiger partial charge in [0.15, 0.2) is 5.76 Å². The number of carbonyl (C=O) groups is 1. The van der Waals surface area contributed by atoms with E-state index < -0.39 is 28.3 Å². The molecule has 1 aromatic carbocycles. The quantitative estimate of drug-likeness (QED) is 0.672. The van der Waals surface area contributed by atoms with E-state index in [2.05, 4.69) is 0 Å². The number of carbonyl (C=O) groups excluding carboxylic acids is 1. The first-order chi connectivity index (χ1) is 11.7. The van der Waals surface area contributed by atoms with E-state index in [-0.39, 0.29) is 40.3 Å². The van der Waals surface area contributed by atoms with Crippen molar-refractivity contribution in [2.24, 2.45) is 0 Å². The first-order valence-electron chi connectivity index (χ1n) is 7.24. The number of hydrogen-bond donors (Lipinski definition) is 3. The Bertz CT molecular complexity index is 840. The van der Waals surface area contributed by atoms with Crippen molar-refractivity contribution in [2.75, 3.05) is 16.6 Å². The van der Waals surface area contributed by atoms with Crippen LogP contribution in [0.3, 0.4) is 0 Å². The van der Waals surface area contributed by atoms with E-state index in [1.54, 1.807) is 0 Å². The van der Waals surface area contributed by atoms with Crippen LogP contribution in [0.5, 0.6) is 11.5 Å². The number of esters is 1. The standard InChI is InChI=1S/C15H15ClFNO6S/c1-8(19)23-14-12(20)13(9-3-4-11(17)10(16)7-9)24-15(14)18-5-2-6-25(18,21)22/h3-4,7,20-22H,2,5-6H2,1H3. The molecule has 0 amide bonds. The molecule has 3 rings (SSSR count). The molecule has 1 fully saturated rings. The second-order valence-electron chi connectivity index (χ2n) is 5.43. The summed E-state index contributed by atoms with van der Waals surface area (Å²) in [7, 11) is -3.15. The van der Waals surface area contributed by atoms with Crippen molar-refractivity contribution in [3.8, 4) is 22.8 Å². The van der Waals surface area contributed by atoms with Gasteiger partial charge in [-0.15, -0.1) is 10.8 Å². The minimum absolute atomic E-state index is 0.129. The normalized spacial score (nSPS) is 17.6. The molecule has 3 N–H and O–H groups in total. The minimum atomic E-state index is -3.15. The molecule has 0 radical (unpaired) electrons. The van der Waals surface area contributed by atoms with Gasteiger partial charge in [-0.1, -0.05) is 11.6 Å². The Morgan fingerprint density at radius 2 is 2.16 bits per heavy atom. The maximum atomic E-state index is 13.4. The fourth-order valence-electron chi connectivity index (χ4n) is 2.52. The van der Waals surface area contributed by atoms with Gasteiger partial charge in [-0.25, -0.2) is 8.70 Å². The molecule has 0 aliphatic carbocycles. The zero-order valence-electron chi connectivity index (χ0n) is 13.0. The summed E-state index contributed by atoms with van der Waals surface area (Å²) < 4.78 is 45.3. The van der Waals surface area contributed by atoms with E-state index in [0.29, 0.717) is 6.42 Å². The van der Waals surface area contributed by atoms with Crippen LogP contribution in [0.2, 0.25) is 5.02 Å². The predicted molar refractivity (Wildman–Crippen MR) is 91.8 cm³/mol. The zero-order chi connectivity index (χ0) is 18.4. The molecule has 7 nitrogen and oxygen atoms in total. The smallest absolute Gasteiger partial charge is 0.308 e. The molecule has 1 aliphatic heterocycles. The molecule has 0 spiro atoms. The average molecular weight is 392 g/mol. The number of furan rings is 1. The third-order valence-electron chi connectivity index (χ3n) is 3.61. The van der Waals surface area contributed by atoms with Crippen molar-refractivity contribution in [1.29, 1.82) is 0 Å². The molecule has 10 heteroatoms. The van der Waals surface area contributed by atoms with Gasteiger partial charge in [-0.05, 0) is 24.6 Å². The fraction of sp³-hybridized carbons (Fsp3) is 0.267. The van der Waals surface area contributed by atoms with Crippen molar-refractivity contribution in [3.63, 3.8) is 0 Å². The Morgan fingerprint density at radius 3 is 2.72 bits per heavy atom. The number of halogens is 2. The number of ether oxygens (including phenoxy) is 1. The van der Waals surface area contributed by atoms with E-state index in [9.17, 15) is 23.4 Å². The Balaban J connectivity index is 2.14. The van der Waals surface area contributed by atoms with Gasteiger partial charge in [0.1, 0.15) is 5.82 Å². The predicted octanol–water partition coefficient (Wildman–Crippen LogP) is 4.25. The molecule has 0 atom stereocenters. The van der Waals surface area contributed by atoms with Crippen LogP contribution in [0.4, 0.5) is 10.3 Å². The van der Waals surface area contributed by atoms with Crippen LogP contribution >= 0.6 is 22.4 Å². The molecule has 1 aromatic heterocycles. The lowest BCUT2D eigenvalue weighted by Gasteiger charge is -2.36. The van der Waals surface area contributed by atoms with Crippen LogP contribution < -0.4 is 9.04 Å². The number of nitrogens with zero attached hydrogens (tertiary/aromatic N) is 1. The summed E-state index contributed by atoms with van der Waals surface area (Å²) in [4.78, 5) is 11.4. The third-order valence-corrected chi connectivity index (χ3v) is 5.79. The molecule has 136 valence electrons. The zero-order valence-corrected chi connectivity index (χ0v) is 14.6. The molecule has 1 aliphatic rings. The fourth-order valence-corrected chi connectivity index (χ4v) is 4.25. The van der Waals surface area contributed by atoms with E-state index in [0.717, 1.165) is 17.3 Å². The summed E-state index contributed by atoms with van der Waals surface area (Å²) in [6, 6.07) is 3.65. The summed E-state index contributed by atoms with van der Waals surface area (Å²) in [5.41, 5.74) is 0.235. The third kappa shape index (κ3) is 3.28. The Labute approximate surface area is 149 Å². The van der Waals surface area contributed by atoms with E-state index in [4.69, 9.17) is 20.8 Å². The minimum Gasteiger partial charge on any atom is -0.502 e. The summed E-state index contributed by atoms with van der Waals surface area (Å²) in [6.45, 7) is 1.37. The van der Waals surface area contributed by atoms with Crippen molar-refractivity contribution < 1.29 is 32.6 Å². The van der Waals surface area contributed by atoms with Gasteiger partial charge in [0.25, 0.3) is 5.88 Å². The molecular formula is C15H15ClFNO6S. The van der Waals surface area contributed by atoms with Crippen LogP contribution in [0, 0.1) is 5.82 Å². The lowest BCUT2D eigenvalue weighted by Crippen LogP contribution is -2.22. The molecule has 0 saturated carbocycles. The van der Waals surface area contributed by atoms with E-state index in [1.165, 1.54) is 12.1 Å². The van der Waals surface area contributed by atoms with Crippen LogP contribution in [-0.2, 0) is 4.79 Å². The molecule has 1 saturated heterocycles. The van der Waals surface area contributed by atoms with E-state index in [1.807, 2.05) is 0 Å². The van der Waals surface area contributed by atoms with Gasteiger partial charge in [0.2, 0.25) is 11.5 Å². The maximum Gasteiger partial charge on any atom is 0.308 e. The highest BCUT2D eigenvalue weighted by Crippen LogP contribution is 2.57. The number of aromatic hydroxyl groups is 1. The lowest BCUT2D eigenvalue weighted by atomic mass is 10.1. The van der Waals surface area contributed by atoms with Gasteiger partial charge in [-0.2, -0.15) is 0 Å². The number of hydrogen-bond acceptors (Lipinski definition) is 7. The highest BCUT2D eigenvalue weighted by molar-refractivity contribution is 8.25. The summed E-state index contributed by atoms with van der Waals surface area (Å²) >= 11 is 5.75. The molecule has 2 heterocycles. The molecule has 0 bridgehead atoms. The monoisotopic (exact) mass is 391 g/mol. The second-order valence-corrected chi connectivity index (χ2v) is 7.95. The van der Waals surface area contributed by atoms with Crippen LogP contribution in [0.1, 0.15) is 13.3 Å². The molecular weight excluding hydrogens is 377 g/mol. The van der Waals surface area contributed by atoms with Crippen LogP contribution in [-0.4, -0.2) is 32.5 Å². The van der Waals surface area contributed by atoms with E-state index >= 15 is 0 Å². The number of anilines is 1. The SMILES string of the molecule is CC(=O)Oc1c(N2CCCS2(O)O)oc(-c2ccc(F)c(Cl)c2)c1O. The van der Waals surface area contributed by atoms with Crippen LogP contribution in [0.15, 0.2) is 22.6 Å². The summed E-state index contributed by atoms with van der Waals surface area (Å²) in [6.07, 6.45) is 0.487. The summed E-state index contributed by atoms with van der Waals surface area (Å²) in [5, 5.41) is 10.2. The molecule has 25 heavy (non-hydrogen) atoms. The van der Waals surface area contributed by atoms with Crippen molar-refractivity contribution in [1.82, 2.24) is 0 Å². The van der Waals surface area contributed by atoms with Gasteiger partial charge in [-0.3, -0.25) is 13.9 Å². The Kier molecular flexibility index (Phi) is 4.58. The first kappa shape index (κ1) is 17.9. The van der Waals surface area contributed by atoms with Crippen molar-refractivity contribution in [2.45, 2.75) is 13.3 Å². The highest BCUT2D eigenvalue weighted by Gasteiger charge is 2.37. The van der Waals surface area contributed by atoms with Crippen LogP contribution in [0.25, 0.3) is 11.3 Å². The Hall–Kier alpha value is -1.94. The maximum absolute atomic E-state index is 13.4. The largest absolute Gasteiger partial charge is 0.502 e. The van der Waals surface area contributed by atoms with Gasteiger partial charge in [0.05, 0.1) is 10.8 Å². The summed E-state index contributed by atoms with van der Waals surface area (Å²) in [5.74, 6) is -2.40. The van der Waals surface area contributed by atoms with Crippen molar-refractivity contribution >= 4 is 34.2 Å². The second kappa shape index (κ2) is 6.41. The lowest BCUT2D eigenvalue weighted by molar-refractivity contribution is -0.132. The van der Waals surface area contributed by atoms with Gasteiger partial charge >= 0.3 is 5.97 Å². The Morgan fingerprint density at radius 1 is 1.44 bits per heavy atom. The first-order valence-corrected chi connectivity index (χ1v) is 9.29.